The molecule has 0 bridgehead atoms. The van der Waals surface area contributed by atoms with Crippen LogP contribution in [0.4, 0.5) is 0 Å². The first-order valence-corrected chi connectivity index (χ1v) is 5.72. The Labute approximate surface area is 97.0 Å². The van der Waals surface area contributed by atoms with Crippen LogP contribution in [0.1, 0.15) is 27.2 Å². The standard InChI is InChI=1S/C12H21NO3/c1-8(2)10(16-12(14)9(3)4)7-11-13-5-6-15-11/h8,10-11,13H,3,5-7H2,1-2,4H3. The molecule has 1 aliphatic rings. The summed E-state index contributed by atoms with van der Waals surface area (Å²) in [5.41, 5.74) is 0.436. The van der Waals surface area contributed by atoms with Crippen LogP contribution in [-0.4, -0.2) is 31.5 Å². The van der Waals surface area contributed by atoms with Gasteiger partial charge in [0.15, 0.2) is 0 Å². The largest absolute Gasteiger partial charge is 0.459 e. The maximum Gasteiger partial charge on any atom is 0.333 e. The molecule has 1 aliphatic heterocycles. The summed E-state index contributed by atoms with van der Waals surface area (Å²) in [5, 5.41) is 3.21. The number of hydrogen-bond acceptors (Lipinski definition) is 4. The Morgan fingerprint density at radius 2 is 2.31 bits per heavy atom. The summed E-state index contributed by atoms with van der Waals surface area (Å²) < 4.78 is 10.8. The second-order valence-corrected chi connectivity index (χ2v) is 4.52. The topological polar surface area (TPSA) is 47.6 Å². The van der Waals surface area contributed by atoms with Crippen molar-refractivity contribution < 1.29 is 14.3 Å². The molecule has 0 aromatic rings. The SMILES string of the molecule is C=C(C)C(=O)OC(CC1NCCO1)C(C)C. The van der Waals surface area contributed by atoms with Crippen LogP contribution in [0.3, 0.4) is 0 Å². The van der Waals surface area contributed by atoms with Crippen molar-refractivity contribution in [2.75, 3.05) is 13.2 Å². The average molecular weight is 227 g/mol. The predicted molar refractivity (Wildman–Crippen MR) is 61.9 cm³/mol. The number of nitrogens with one attached hydrogen (secondary N) is 1. The van der Waals surface area contributed by atoms with Gasteiger partial charge >= 0.3 is 5.97 Å². The molecule has 1 N–H and O–H groups in total. The number of ether oxygens (including phenoxy) is 2. The molecule has 2 unspecified atom stereocenters. The quantitative estimate of drug-likeness (QED) is 0.570. The maximum absolute atomic E-state index is 11.4. The zero-order chi connectivity index (χ0) is 12.1. The lowest BCUT2D eigenvalue weighted by molar-refractivity contribution is -0.148. The van der Waals surface area contributed by atoms with Crippen LogP contribution in [-0.2, 0) is 14.3 Å². The third-order valence-corrected chi connectivity index (χ3v) is 2.59. The molecule has 0 radical (unpaired) electrons. The minimum atomic E-state index is -0.323. The lowest BCUT2D eigenvalue weighted by Crippen LogP contribution is -2.33. The molecule has 2 atom stereocenters. The van der Waals surface area contributed by atoms with Crippen molar-refractivity contribution in [2.45, 2.75) is 39.5 Å². The van der Waals surface area contributed by atoms with Gasteiger partial charge in [0.25, 0.3) is 0 Å². The van der Waals surface area contributed by atoms with Crippen LogP contribution in [0.5, 0.6) is 0 Å². The van der Waals surface area contributed by atoms with E-state index in [2.05, 4.69) is 11.9 Å². The lowest BCUT2D eigenvalue weighted by Gasteiger charge is -2.24. The third kappa shape index (κ3) is 3.94. The highest BCUT2D eigenvalue weighted by Crippen LogP contribution is 2.16. The Hall–Kier alpha value is -0.870. The molecule has 0 amide bonds. The second-order valence-electron chi connectivity index (χ2n) is 4.52. The first kappa shape index (κ1) is 13.2. The molecule has 1 heterocycles. The van der Waals surface area contributed by atoms with Gasteiger partial charge in [0.05, 0.1) is 6.61 Å². The number of rotatable bonds is 5. The van der Waals surface area contributed by atoms with Crippen LogP contribution in [0.2, 0.25) is 0 Å². The van der Waals surface area contributed by atoms with E-state index in [1.165, 1.54) is 0 Å². The average Bonchev–Trinajstić information content (AvgIpc) is 2.68. The van der Waals surface area contributed by atoms with Gasteiger partial charge in [-0.2, -0.15) is 0 Å². The molecule has 1 saturated heterocycles. The van der Waals surface area contributed by atoms with Crippen molar-refractivity contribution >= 4 is 5.97 Å². The number of esters is 1. The van der Waals surface area contributed by atoms with Gasteiger partial charge in [-0.3, -0.25) is 5.32 Å². The molecule has 4 heteroatoms. The predicted octanol–water partition coefficient (Wildman–Crippen LogP) is 1.47. The van der Waals surface area contributed by atoms with Gasteiger partial charge in [0, 0.05) is 18.5 Å². The van der Waals surface area contributed by atoms with Gasteiger partial charge in [-0.05, 0) is 12.8 Å². The maximum atomic E-state index is 11.4. The van der Waals surface area contributed by atoms with Gasteiger partial charge in [0.1, 0.15) is 12.3 Å². The van der Waals surface area contributed by atoms with Crippen LogP contribution < -0.4 is 5.32 Å². The summed E-state index contributed by atoms with van der Waals surface area (Å²) in [6, 6.07) is 0. The second kappa shape index (κ2) is 6.01. The van der Waals surface area contributed by atoms with E-state index in [4.69, 9.17) is 9.47 Å². The Morgan fingerprint density at radius 1 is 1.62 bits per heavy atom. The van der Waals surface area contributed by atoms with E-state index in [1.54, 1.807) is 6.92 Å². The van der Waals surface area contributed by atoms with Gasteiger partial charge in [-0.25, -0.2) is 4.79 Å². The molecule has 0 aliphatic carbocycles. The Balaban J connectivity index is 2.46. The van der Waals surface area contributed by atoms with Crippen LogP contribution in [0.25, 0.3) is 0 Å². The summed E-state index contributed by atoms with van der Waals surface area (Å²) in [5.74, 6) is -0.0500. The van der Waals surface area contributed by atoms with Crippen molar-refractivity contribution in [2.24, 2.45) is 5.92 Å². The smallest absolute Gasteiger partial charge is 0.333 e. The third-order valence-electron chi connectivity index (χ3n) is 2.59. The van der Waals surface area contributed by atoms with E-state index in [1.807, 2.05) is 13.8 Å². The monoisotopic (exact) mass is 227 g/mol. The van der Waals surface area contributed by atoms with Gasteiger partial charge in [-0.15, -0.1) is 0 Å². The van der Waals surface area contributed by atoms with Crippen molar-refractivity contribution in [3.05, 3.63) is 12.2 Å². The zero-order valence-electron chi connectivity index (χ0n) is 10.3. The minimum absolute atomic E-state index is 0.00493. The normalized spacial score (nSPS) is 22.1. The summed E-state index contributed by atoms with van der Waals surface area (Å²) in [7, 11) is 0. The Kier molecular flexibility index (Phi) is 4.96. The fourth-order valence-corrected chi connectivity index (χ4v) is 1.54. The highest BCUT2D eigenvalue weighted by atomic mass is 16.5. The summed E-state index contributed by atoms with van der Waals surface area (Å²) in [6.45, 7) is 10.9. The number of carbonyl (C=O) groups excluding carboxylic acids is 1. The van der Waals surface area contributed by atoms with E-state index in [9.17, 15) is 4.79 Å². The Morgan fingerprint density at radius 3 is 2.75 bits per heavy atom. The zero-order valence-corrected chi connectivity index (χ0v) is 10.3. The Bertz CT molecular complexity index is 257. The first-order chi connectivity index (χ1) is 7.50. The minimum Gasteiger partial charge on any atom is -0.459 e. The van der Waals surface area contributed by atoms with Crippen LogP contribution in [0.15, 0.2) is 12.2 Å². The molecule has 0 aromatic carbocycles. The van der Waals surface area contributed by atoms with Crippen molar-refractivity contribution in [1.82, 2.24) is 5.32 Å². The molecule has 92 valence electrons. The molecule has 4 nitrogen and oxygen atoms in total. The molecule has 16 heavy (non-hydrogen) atoms. The van der Waals surface area contributed by atoms with Gasteiger partial charge < -0.3 is 9.47 Å². The summed E-state index contributed by atoms with van der Waals surface area (Å²) >= 11 is 0. The molecule has 1 rings (SSSR count). The van der Waals surface area contributed by atoms with Gasteiger partial charge in [0.2, 0.25) is 0 Å². The molecule has 0 saturated carbocycles. The fourth-order valence-electron chi connectivity index (χ4n) is 1.54. The molecule has 0 aromatic heterocycles. The number of carbonyl (C=O) groups is 1. The molecular weight excluding hydrogens is 206 g/mol. The highest BCUT2D eigenvalue weighted by Gasteiger charge is 2.25. The molecule has 1 fully saturated rings. The van der Waals surface area contributed by atoms with E-state index in [0.29, 0.717) is 12.0 Å². The van der Waals surface area contributed by atoms with E-state index in [0.717, 1.165) is 13.2 Å². The van der Waals surface area contributed by atoms with Crippen molar-refractivity contribution in [3.8, 4) is 0 Å². The van der Waals surface area contributed by atoms with E-state index in [-0.39, 0.29) is 24.2 Å². The van der Waals surface area contributed by atoms with Gasteiger partial charge in [-0.1, -0.05) is 20.4 Å². The van der Waals surface area contributed by atoms with Crippen molar-refractivity contribution in [3.63, 3.8) is 0 Å². The van der Waals surface area contributed by atoms with E-state index >= 15 is 0 Å². The first-order valence-electron chi connectivity index (χ1n) is 5.72. The van der Waals surface area contributed by atoms with Crippen LogP contribution >= 0.6 is 0 Å². The number of hydrogen-bond donors (Lipinski definition) is 1. The lowest BCUT2D eigenvalue weighted by atomic mass is 10.0. The highest BCUT2D eigenvalue weighted by molar-refractivity contribution is 5.87. The fraction of sp³-hybridized carbons (Fsp3) is 0.750. The summed E-state index contributed by atoms with van der Waals surface area (Å²) in [6.07, 6.45) is 0.571. The molecule has 0 spiro atoms. The van der Waals surface area contributed by atoms with E-state index < -0.39 is 0 Å². The van der Waals surface area contributed by atoms with Crippen LogP contribution in [0, 0.1) is 5.92 Å². The molecular formula is C12H21NO3. The summed E-state index contributed by atoms with van der Waals surface area (Å²) in [4.78, 5) is 11.4. The van der Waals surface area contributed by atoms with Crippen molar-refractivity contribution in [1.29, 1.82) is 0 Å².